The largest absolute Gasteiger partial charge is 0.495 e. The van der Waals surface area contributed by atoms with Gasteiger partial charge in [-0.3, -0.25) is 9.69 Å². The van der Waals surface area contributed by atoms with Gasteiger partial charge in [-0.25, -0.2) is 4.39 Å². The van der Waals surface area contributed by atoms with E-state index in [4.69, 9.17) is 10.5 Å². The molecule has 1 aliphatic heterocycles. The van der Waals surface area contributed by atoms with Gasteiger partial charge in [-0.15, -0.1) is 0 Å². The number of hydrogen-bond acceptors (Lipinski definition) is 4. The summed E-state index contributed by atoms with van der Waals surface area (Å²) in [6.45, 7) is 1.48. The summed E-state index contributed by atoms with van der Waals surface area (Å²) < 4.78 is 18.2. The van der Waals surface area contributed by atoms with E-state index < -0.39 is 0 Å². The van der Waals surface area contributed by atoms with E-state index >= 15 is 0 Å². The summed E-state index contributed by atoms with van der Waals surface area (Å²) in [5.74, 6) is 0.286. The second-order valence-corrected chi connectivity index (χ2v) is 6.55. The lowest BCUT2D eigenvalue weighted by Crippen LogP contribution is -2.46. The lowest BCUT2D eigenvalue weighted by Gasteiger charge is -2.34. The minimum Gasteiger partial charge on any atom is -0.495 e. The van der Waals surface area contributed by atoms with Crippen molar-refractivity contribution in [3.63, 3.8) is 0 Å². The Morgan fingerprint density at radius 2 is 2.04 bits per heavy atom. The van der Waals surface area contributed by atoms with Crippen LogP contribution in [0, 0.1) is 5.82 Å². The highest BCUT2D eigenvalue weighted by atomic mass is 19.1. The maximum atomic E-state index is 13.1. The molecular weight excluding hydrogens is 333 g/mol. The van der Waals surface area contributed by atoms with Crippen molar-refractivity contribution in [2.24, 2.45) is 0 Å². The van der Waals surface area contributed by atoms with Gasteiger partial charge < -0.3 is 15.8 Å². The number of anilines is 2. The predicted octanol–water partition coefficient (Wildman–Crippen LogP) is 3.41. The van der Waals surface area contributed by atoms with Crippen LogP contribution in [0.5, 0.6) is 5.75 Å². The fourth-order valence-electron chi connectivity index (χ4n) is 3.34. The number of piperidine rings is 1. The molecule has 0 radical (unpaired) electrons. The van der Waals surface area contributed by atoms with E-state index in [-0.39, 0.29) is 17.8 Å². The van der Waals surface area contributed by atoms with Crippen molar-refractivity contribution in [1.29, 1.82) is 0 Å². The number of likely N-dealkylation sites (tertiary alicyclic amines) is 1. The van der Waals surface area contributed by atoms with Crippen molar-refractivity contribution in [3.05, 3.63) is 53.8 Å². The molecule has 0 aliphatic carbocycles. The average Bonchev–Trinajstić information content (AvgIpc) is 2.64. The van der Waals surface area contributed by atoms with Gasteiger partial charge >= 0.3 is 0 Å². The van der Waals surface area contributed by atoms with Crippen molar-refractivity contribution < 1.29 is 13.9 Å². The first-order valence-electron chi connectivity index (χ1n) is 8.79. The highest BCUT2D eigenvalue weighted by Gasteiger charge is 2.28. The van der Waals surface area contributed by atoms with E-state index in [0.717, 1.165) is 31.4 Å². The zero-order chi connectivity index (χ0) is 18.5. The third-order valence-corrected chi connectivity index (χ3v) is 4.71. The summed E-state index contributed by atoms with van der Waals surface area (Å²) in [7, 11) is 1.55. The second-order valence-electron chi connectivity index (χ2n) is 6.55. The van der Waals surface area contributed by atoms with Gasteiger partial charge in [0.2, 0.25) is 5.91 Å². The van der Waals surface area contributed by atoms with Crippen LogP contribution in [-0.4, -0.2) is 30.5 Å². The van der Waals surface area contributed by atoms with Gasteiger partial charge in [0, 0.05) is 12.2 Å². The van der Waals surface area contributed by atoms with Gasteiger partial charge in [-0.05, 0) is 55.3 Å². The van der Waals surface area contributed by atoms with E-state index in [1.165, 1.54) is 12.1 Å². The molecule has 1 atom stereocenters. The molecule has 1 fully saturated rings. The molecular formula is C20H24FN3O2. The molecule has 2 aromatic rings. The Bertz CT molecular complexity index is 764. The number of rotatable bonds is 5. The van der Waals surface area contributed by atoms with Crippen LogP contribution in [0.2, 0.25) is 0 Å². The minimum absolute atomic E-state index is 0.0450. The number of ether oxygens (including phenoxy) is 1. The molecule has 0 saturated carbocycles. The fraction of sp³-hybridized carbons (Fsp3) is 0.350. The Morgan fingerprint density at radius 3 is 2.73 bits per heavy atom. The Kier molecular flexibility index (Phi) is 5.73. The molecule has 5 nitrogen and oxygen atoms in total. The topological polar surface area (TPSA) is 67.6 Å². The second kappa shape index (κ2) is 8.19. The van der Waals surface area contributed by atoms with Crippen LogP contribution < -0.4 is 15.8 Å². The summed E-state index contributed by atoms with van der Waals surface area (Å²) in [4.78, 5) is 15.0. The predicted molar refractivity (Wildman–Crippen MR) is 100 cm³/mol. The number of nitrogens with one attached hydrogen (secondary N) is 1. The highest BCUT2D eigenvalue weighted by molar-refractivity contribution is 5.95. The Labute approximate surface area is 152 Å². The number of benzene rings is 2. The van der Waals surface area contributed by atoms with Crippen molar-refractivity contribution >= 4 is 17.3 Å². The number of amides is 1. The van der Waals surface area contributed by atoms with Crippen molar-refractivity contribution in [1.82, 2.24) is 4.90 Å². The molecule has 0 spiro atoms. The number of carbonyl (C=O) groups is 1. The van der Waals surface area contributed by atoms with Gasteiger partial charge in [-0.1, -0.05) is 18.6 Å². The number of carbonyl (C=O) groups excluding carboxylic acids is 1. The van der Waals surface area contributed by atoms with Crippen LogP contribution in [0.3, 0.4) is 0 Å². The molecule has 3 rings (SSSR count). The molecule has 1 saturated heterocycles. The molecule has 1 heterocycles. The standard InChI is InChI=1S/C20H24FN3O2/c1-26-19-10-9-16(12-17(19)22)23-20(25)18-4-2-3-11-24(18)13-14-5-7-15(21)8-6-14/h5-10,12,18H,2-4,11,13,22H2,1H3,(H,23,25). The first-order chi connectivity index (χ1) is 12.6. The normalized spacial score (nSPS) is 17.7. The highest BCUT2D eigenvalue weighted by Crippen LogP contribution is 2.26. The number of hydrogen-bond donors (Lipinski definition) is 2. The molecule has 6 heteroatoms. The zero-order valence-electron chi connectivity index (χ0n) is 14.9. The number of nitrogens with zero attached hydrogens (tertiary/aromatic N) is 1. The number of nitrogen functional groups attached to an aromatic ring is 1. The van der Waals surface area contributed by atoms with Crippen LogP contribution in [0.15, 0.2) is 42.5 Å². The molecule has 3 N–H and O–H groups in total. The van der Waals surface area contributed by atoms with Crippen molar-refractivity contribution in [3.8, 4) is 5.75 Å². The van der Waals surface area contributed by atoms with Gasteiger partial charge in [0.15, 0.2) is 0 Å². The van der Waals surface area contributed by atoms with E-state index in [2.05, 4.69) is 10.2 Å². The molecule has 138 valence electrons. The van der Waals surface area contributed by atoms with Crippen LogP contribution in [0.4, 0.5) is 15.8 Å². The number of halogens is 1. The summed E-state index contributed by atoms with van der Waals surface area (Å²) in [5, 5.41) is 2.95. The maximum absolute atomic E-state index is 13.1. The Morgan fingerprint density at radius 1 is 1.27 bits per heavy atom. The van der Waals surface area contributed by atoms with Gasteiger partial charge in [-0.2, -0.15) is 0 Å². The smallest absolute Gasteiger partial charge is 0.241 e. The molecule has 2 aromatic carbocycles. The summed E-state index contributed by atoms with van der Waals surface area (Å²) in [5.41, 5.74) is 8.05. The molecule has 1 unspecified atom stereocenters. The number of methoxy groups -OCH3 is 1. The average molecular weight is 357 g/mol. The maximum Gasteiger partial charge on any atom is 0.241 e. The monoisotopic (exact) mass is 357 g/mol. The van der Waals surface area contributed by atoms with Crippen molar-refractivity contribution in [2.75, 3.05) is 24.7 Å². The first kappa shape index (κ1) is 18.2. The lowest BCUT2D eigenvalue weighted by atomic mass is 10.00. The SMILES string of the molecule is COc1ccc(NC(=O)C2CCCCN2Cc2ccc(F)cc2)cc1N. The van der Waals surface area contributed by atoms with E-state index in [0.29, 0.717) is 23.7 Å². The fourth-order valence-corrected chi connectivity index (χ4v) is 3.34. The molecule has 1 aliphatic rings. The summed E-state index contributed by atoms with van der Waals surface area (Å²) in [6.07, 6.45) is 2.88. The minimum atomic E-state index is -0.251. The van der Waals surface area contributed by atoms with Crippen LogP contribution in [0.1, 0.15) is 24.8 Å². The molecule has 1 amide bonds. The zero-order valence-corrected chi connectivity index (χ0v) is 14.9. The van der Waals surface area contributed by atoms with Crippen LogP contribution in [-0.2, 0) is 11.3 Å². The molecule has 0 aromatic heterocycles. The quantitative estimate of drug-likeness (QED) is 0.805. The van der Waals surface area contributed by atoms with E-state index in [1.807, 2.05) is 0 Å². The summed E-state index contributed by atoms with van der Waals surface area (Å²) >= 11 is 0. The van der Waals surface area contributed by atoms with Crippen LogP contribution in [0.25, 0.3) is 0 Å². The molecule has 0 bridgehead atoms. The van der Waals surface area contributed by atoms with E-state index in [9.17, 15) is 9.18 Å². The number of nitrogens with two attached hydrogens (primary N) is 1. The Balaban J connectivity index is 1.69. The Hall–Kier alpha value is -2.60. The lowest BCUT2D eigenvalue weighted by molar-refractivity contribution is -0.122. The van der Waals surface area contributed by atoms with Gasteiger partial charge in [0.05, 0.1) is 18.8 Å². The third-order valence-electron chi connectivity index (χ3n) is 4.71. The van der Waals surface area contributed by atoms with Crippen molar-refractivity contribution in [2.45, 2.75) is 31.8 Å². The first-order valence-corrected chi connectivity index (χ1v) is 8.79. The third kappa shape index (κ3) is 4.32. The van der Waals surface area contributed by atoms with Crippen LogP contribution >= 0.6 is 0 Å². The van der Waals surface area contributed by atoms with E-state index in [1.54, 1.807) is 37.4 Å². The molecule has 26 heavy (non-hydrogen) atoms. The summed E-state index contributed by atoms with van der Waals surface area (Å²) in [6, 6.07) is 11.4. The van der Waals surface area contributed by atoms with Gasteiger partial charge in [0.1, 0.15) is 11.6 Å². The van der Waals surface area contributed by atoms with Gasteiger partial charge in [0.25, 0.3) is 0 Å².